The Balaban J connectivity index is 1.92. The molecule has 6 nitrogen and oxygen atoms in total. The van der Waals surface area contributed by atoms with Crippen molar-refractivity contribution in [2.24, 2.45) is 0 Å². The summed E-state index contributed by atoms with van der Waals surface area (Å²) in [5, 5.41) is 12.0. The molecule has 0 bridgehead atoms. The molecule has 0 aliphatic carbocycles. The first-order chi connectivity index (χ1) is 9.49. The Bertz CT molecular complexity index is 638. The lowest BCUT2D eigenvalue weighted by Gasteiger charge is -2.29. The highest BCUT2D eigenvalue weighted by Gasteiger charge is 2.39. The zero-order chi connectivity index (χ0) is 14.4. The van der Waals surface area contributed by atoms with E-state index in [-0.39, 0.29) is 24.0 Å². The van der Waals surface area contributed by atoms with E-state index in [1.54, 1.807) is 13.0 Å². The maximum absolute atomic E-state index is 12.4. The van der Waals surface area contributed by atoms with Crippen LogP contribution in [0.25, 0.3) is 0 Å². The maximum atomic E-state index is 12.4. The van der Waals surface area contributed by atoms with Crippen molar-refractivity contribution in [3.8, 4) is 5.75 Å². The standard InChI is InChI=1S/C14H14N2O4/c1-7-9-6-16(10-3-5-12(18)15-13(10)19)14(20)8(9)2-4-11(7)17/h2,4,10,17H,3,5-6H2,1H3,(H,15,18,19). The molecule has 1 fully saturated rings. The predicted octanol–water partition coefficient (Wildman–Crippen LogP) is 0.462. The second kappa shape index (κ2) is 4.33. The fraction of sp³-hybridized carbons (Fsp3) is 0.357. The van der Waals surface area contributed by atoms with Gasteiger partial charge in [-0.25, -0.2) is 0 Å². The number of hydrogen-bond acceptors (Lipinski definition) is 4. The van der Waals surface area contributed by atoms with Gasteiger partial charge in [0.1, 0.15) is 11.8 Å². The van der Waals surface area contributed by atoms with Crippen LogP contribution in [0.3, 0.4) is 0 Å². The van der Waals surface area contributed by atoms with Crippen LogP contribution in [0.4, 0.5) is 0 Å². The molecule has 1 saturated heterocycles. The number of carbonyl (C=O) groups is 3. The van der Waals surface area contributed by atoms with Crippen LogP contribution >= 0.6 is 0 Å². The normalized spacial score (nSPS) is 21.9. The van der Waals surface area contributed by atoms with Crippen LogP contribution in [0.15, 0.2) is 12.1 Å². The van der Waals surface area contributed by atoms with E-state index in [4.69, 9.17) is 0 Å². The van der Waals surface area contributed by atoms with Gasteiger partial charge >= 0.3 is 0 Å². The van der Waals surface area contributed by atoms with E-state index in [9.17, 15) is 19.5 Å². The lowest BCUT2D eigenvalue weighted by Crippen LogP contribution is -2.52. The Morgan fingerprint density at radius 2 is 2.05 bits per heavy atom. The molecular weight excluding hydrogens is 260 g/mol. The highest BCUT2D eigenvalue weighted by Crippen LogP contribution is 2.33. The summed E-state index contributed by atoms with van der Waals surface area (Å²) in [5.41, 5.74) is 1.93. The third kappa shape index (κ3) is 1.76. The minimum Gasteiger partial charge on any atom is -0.508 e. The van der Waals surface area contributed by atoms with Crippen molar-refractivity contribution in [1.82, 2.24) is 10.2 Å². The summed E-state index contributed by atoms with van der Waals surface area (Å²) in [6, 6.07) is 2.44. The van der Waals surface area contributed by atoms with Gasteiger partial charge in [0.05, 0.1) is 0 Å². The van der Waals surface area contributed by atoms with Gasteiger partial charge in [-0.1, -0.05) is 0 Å². The van der Waals surface area contributed by atoms with Crippen molar-refractivity contribution < 1.29 is 19.5 Å². The number of phenols is 1. The molecule has 2 aliphatic rings. The highest BCUT2D eigenvalue weighted by molar-refractivity contribution is 6.05. The Hall–Kier alpha value is -2.37. The van der Waals surface area contributed by atoms with Crippen LogP contribution in [0.5, 0.6) is 5.75 Å². The van der Waals surface area contributed by atoms with Crippen LogP contribution in [-0.4, -0.2) is 33.8 Å². The summed E-state index contributed by atoms with van der Waals surface area (Å²) in [6.07, 6.45) is 0.580. The Morgan fingerprint density at radius 1 is 1.30 bits per heavy atom. The summed E-state index contributed by atoms with van der Waals surface area (Å²) >= 11 is 0. The zero-order valence-electron chi connectivity index (χ0n) is 11.0. The predicted molar refractivity (Wildman–Crippen MR) is 68.9 cm³/mol. The van der Waals surface area contributed by atoms with Crippen molar-refractivity contribution in [1.29, 1.82) is 0 Å². The van der Waals surface area contributed by atoms with Crippen LogP contribution in [0.2, 0.25) is 0 Å². The first kappa shape index (κ1) is 12.7. The quantitative estimate of drug-likeness (QED) is 0.728. The van der Waals surface area contributed by atoms with E-state index in [2.05, 4.69) is 5.32 Å². The van der Waals surface area contributed by atoms with E-state index >= 15 is 0 Å². The molecule has 2 aliphatic heterocycles. The number of amides is 3. The number of rotatable bonds is 1. The molecule has 0 radical (unpaired) electrons. The van der Waals surface area contributed by atoms with E-state index in [1.807, 2.05) is 0 Å². The summed E-state index contributed by atoms with van der Waals surface area (Å²) in [5.74, 6) is -0.812. The molecule has 0 spiro atoms. The van der Waals surface area contributed by atoms with Crippen molar-refractivity contribution in [2.45, 2.75) is 32.4 Å². The van der Waals surface area contributed by atoms with Crippen LogP contribution < -0.4 is 5.32 Å². The van der Waals surface area contributed by atoms with Crippen LogP contribution in [0, 0.1) is 6.92 Å². The largest absolute Gasteiger partial charge is 0.508 e. The number of carbonyl (C=O) groups excluding carboxylic acids is 3. The molecular formula is C14H14N2O4. The molecule has 1 aromatic carbocycles. The second-order valence-electron chi connectivity index (χ2n) is 5.14. The van der Waals surface area contributed by atoms with Crippen molar-refractivity contribution in [2.75, 3.05) is 0 Å². The molecule has 3 rings (SSSR count). The minimum absolute atomic E-state index is 0.140. The van der Waals surface area contributed by atoms with E-state index in [1.165, 1.54) is 11.0 Å². The van der Waals surface area contributed by atoms with Gasteiger partial charge in [0.25, 0.3) is 5.91 Å². The topological polar surface area (TPSA) is 86.7 Å². The maximum Gasteiger partial charge on any atom is 0.255 e. The van der Waals surface area contributed by atoms with Gasteiger partial charge in [-0.05, 0) is 36.6 Å². The van der Waals surface area contributed by atoms with Gasteiger partial charge < -0.3 is 10.0 Å². The average molecular weight is 274 g/mol. The molecule has 1 aromatic rings. The zero-order valence-corrected chi connectivity index (χ0v) is 11.0. The second-order valence-corrected chi connectivity index (χ2v) is 5.14. The van der Waals surface area contributed by atoms with Gasteiger partial charge in [-0.3, -0.25) is 19.7 Å². The minimum atomic E-state index is -0.617. The van der Waals surface area contributed by atoms with E-state index < -0.39 is 11.9 Å². The SMILES string of the molecule is Cc1c(O)ccc2c1CN(C1CCC(=O)NC1=O)C2=O. The summed E-state index contributed by atoms with van der Waals surface area (Å²) in [4.78, 5) is 36.9. The molecule has 3 amide bonds. The monoisotopic (exact) mass is 274 g/mol. The van der Waals surface area contributed by atoms with Gasteiger partial charge in [-0.2, -0.15) is 0 Å². The summed E-state index contributed by atoms with van der Waals surface area (Å²) in [7, 11) is 0. The van der Waals surface area contributed by atoms with Crippen molar-refractivity contribution in [3.05, 3.63) is 28.8 Å². The van der Waals surface area contributed by atoms with E-state index in [0.29, 0.717) is 24.1 Å². The number of piperidine rings is 1. The van der Waals surface area contributed by atoms with E-state index in [0.717, 1.165) is 5.56 Å². The first-order valence-corrected chi connectivity index (χ1v) is 6.45. The Morgan fingerprint density at radius 3 is 2.75 bits per heavy atom. The van der Waals surface area contributed by atoms with Gasteiger partial charge in [0.15, 0.2) is 0 Å². The Labute approximate surface area is 115 Å². The molecule has 2 N–H and O–H groups in total. The van der Waals surface area contributed by atoms with Gasteiger partial charge in [0.2, 0.25) is 11.8 Å². The van der Waals surface area contributed by atoms with Gasteiger partial charge in [-0.15, -0.1) is 0 Å². The van der Waals surface area contributed by atoms with Gasteiger partial charge in [0, 0.05) is 18.5 Å². The van der Waals surface area contributed by atoms with Crippen molar-refractivity contribution >= 4 is 17.7 Å². The molecule has 1 atom stereocenters. The molecule has 0 aromatic heterocycles. The average Bonchev–Trinajstić information content (AvgIpc) is 2.72. The van der Waals surface area contributed by atoms with Crippen LogP contribution in [-0.2, 0) is 16.1 Å². The number of benzene rings is 1. The first-order valence-electron chi connectivity index (χ1n) is 6.45. The number of hydrogen-bond donors (Lipinski definition) is 2. The molecule has 2 heterocycles. The number of nitrogens with zero attached hydrogens (tertiary/aromatic N) is 1. The number of aromatic hydroxyl groups is 1. The molecule has 20 heavy (non-hydrogen) atoms. The number of imide groups is 1. The Kier molecular flexibility index (Phi) is 2.74. The summed E-state index contributed by atoms with van der Waals surface area (Å²) < 4.78 is 0. The fourth-order valence-electron chi connectivity index (χ4n) is 2.78. The smallest absolute Gasteiger partial charge is 0.255 e. The number of phenolic OH excluding ortho intramolecular Hbond substituents is 1. The molecule has 1 unspecified atom stereocenters. The number of fused-ring (bicyclic) bond motifs is 1. The fourth-order valence-corrected chi connectivity index (χ4v) is 2.78. The summed E-state index contributed by atoms with van der Waals surface area (Å²) in [6.45, 7) is 2.04. The third-order valence-corrected chi connectivity index (χ3v) is 3.98. The molecule has 6 heteroatoms. The third-order valence-electron chi connectivity index (χ3n) is 3.98. The van der Waals surface area contributed by atoms with Crippen LogP contribution in [0.1, 0.15) is 34.3 Å². The molecule has 104 valence electrons. The lowest BCUT2D eigenvalue weighted by molar-refractivity contribution is -0.136. The number of nitrogens with one attached hydrogen (secondary N) is 1. The van der Waals surface area contributed by atoms with Crippen molar-refractivity contribution in [3.63, 3.8) is 0 Å². The highest BCUT2D eigenvalue weighted by atomic mass is 16.3. The molecule has 0 saturated carbocycles. The lowest BCUT2D eigenvalue weighted by atomic mass is 10.0.